The fourth-order valence-corrected chi connectivity index (χ4v) is 2.07. The molecular weight excluding hydrogens is 250 g/mol. The lowest BCUT2D eigenvalue weighted by molar-refractivity contribution is 0.0773. The van der Waals surface area contributed by atoms with Crippen LogP contribution in [0.5, 0.6) is 0 Å². The van der Waals surface area contributed by atoms with Crippen molar-refractivity contribution in [3.05, 3.63) is 47.8 Å². The molecule has 0 aliphatic carbocycles. The summed E-state index contributed by atoms with van der Waals surface area (Å²) < 4.78 is 0. The third-order valence-electron chi connectivity index (χ3n) is 3.24. The second-order valence-corrected chi connectivity index (χ2v) is 4.63. The monoisotopic (exact) mass is 269 g/mol. The molecule has 2 heterocycles. The number of carbonyl (C=O) groups is 1. The summed E-state index contributed by atoms with van der Waals surface area (Å²) in [6, 6.07) is 7.46. The first-order chi connectivity index (χ1) is 9.65. The molecule has 0 aliphatic rings. The minimum Gasteiger partial charge on any atom is -0.339 e. The average Bonchev–Trinajstić information content (AvgIpc) is 2.48. The Labute approximate surface area is 119 Å². The van der Waals surface area contributed by atoms with E-state index in [0.717, 1.165) is 17.0 Å². The van der Waals surface area contributed by atoms with Crippen molar-refractivity contribution in [3.63, 3.8) is 0 Å². The van der Waals surface area contributed by atoms with E-state index < -0.39 is 0 Å². The van der Waals surface area contributed by atoms with Gasteiger partial charge in [-0.2, -0.15) is 0 Å². The van der Waals surface area contributed by atoms with E-state index in [0.29, 0.717) is 18.7 Å². The van der Waals surface area contributed by atoms with Gasteiger partial charge >= 0.3 is 0 Å². The summed E-state index contributed by atoms with van der Waals surface area (Å²) in [7, 11) is 0. The highest BCUT2D eigenvalue weighted by atomic mass is 16.2. The molecule has 0 fully saturated rings. The van der Waals surface area contributed by atoms with Crippen molar-refractivity contribution < 1.29 is 4.79 Å². The number of rotatable bonds is 4. The maximum atomic E-state index is 12.3. The number of aryl methyl sites for hydroxylation is 1. The summed E-state index contributed by atoms with van der Waals surface area (Å²) in [4.78, 5) is 22.7. The molecule has 0 N–H and O–H groups in total. The minimum atomic E-state index is 0.0336. The van der Waals surface area contributed by atoms with Crippen LogP contribution in [-0.4, -0.2) is 33.9 Å². The first kappa shape index (κ1) is 14.2. The number of hydrogen-bond donors (Lipinski definition) is 0. The number of amides is 1. The van der Waals surface area contributed by atoms with Gasteiger partial charge < -0.3 is 4.90 Å². The number of hydrogen-bond acceptors (Lipinski definition) is 3. The molecule has 4 heteroatoms. The molecule has 0 atom stereocenters. The number of carbonyl (C=O) groups excluding carboxylic acids is 1. The lowest BCUT2D eigenvalue weighted by Gasteiger charge is -2.18. The Kier molecular flexibility index (Phi) is 4.45. The molecule has 0 radical (unpaired) electrons. The maximum Gasteiger partial charge on any atom is 0.253 e. The van der Waals surface area contributed by atoms with Gasteiger partial charge in [0.2, 0.25) is 0 Å². The van der Waals surface area contributed by atoms with Crippen LogP contribution >= 0.6 is 0 Å². The van der Waals surface area contributed by atoms with Crippen molar-refractivity contribution in [2.45, 2.75) is 20.8 Å². The minimum absolute atomic E-state index is 0.0336. The molecule has 0 saturated carbocycles. The molecule has 4 nitrogen and oxygen atoms in total. The second kappa shape index (κ2) is 6.28. The largest absolute Gasteiger partial charge is 0.339 e. The molecule has 0 aromatic carbocycles. The molecule has 20 heavy (non-hydrogen) atoms. The van der Waals surface area contributed by atoms with Gasteiger partial charge in [0, 0.05) is 31.0 Å². The molecular formula is C16H19N3O. The van der Waals surface area contributed by atoms with Gasteiger partial charge in [-0.25, -0.2) is 0 Å². The van der Waals surface area contributed by atoms with Crippen LogP contribution in [0.4, 0.5) is 0 Å². The topological polar surface area (TPSA) is 46.1 Å². The Morgan fingerprint density at radius 1 is 1.05 bits per heavy atom. The Hall–Kier alpha value is -2.23. The molecule has 0 bridgehead atoms. The molecule has 0 aliphatic heterocycles. The van der Waals surface area contributed by atoms with Gasteiger partial charge in [-0.15, -0.1) is 0 Å². The highest BCUT2D eigenvalue weighted by Gasteiger charge is 2.13. The third-order valence-corrected chi connectivity index (χ3v) is 3.24. The maximum absolute atomic E-state index is 12.3. The van der Waals surface area contributed by atoms with E-state index in [1.807, 2.05) is 39.0 Å². The molecule has 0 unspecified atom stereocenters. The van der Waals surface area contributed by atoms with E-state index in [1.54, 1.807) is 23.4 Å². The van der Waals surface area contributed by atoms with E-state index in [2.05, 4.69) is 9.97 Å². The average molecular weight is 269 g/mol. The van der Waals surface area contributed by atoms with Crippen LogP contribution in [0, 0.1) is 6.92 Å². The highest BCUT2D eigenvalue weighted by molar-refractivity contribution is 5.95. The molecule has 2 aromatic heterocycles. The summed E-state index contributed by atoms with van der Waals surface area (Å²) in [6.07, 6.45) is 3.42. The SMILES string of the molecule is CCN(CC)C(=O)c1ccnc(-c2cc(C)ccn2)c1. The zero-order chi connectivity index (χ0) is 14.5. The van der Waals surface area contributed by atoms with E-state index in [-0.39, 0.29) is 5.91 Å². The van der Waals surface area contributed by atoms with E-state index in [9.17, 15) is 4.79 Å². The van der Waals surface area contributed by atoms with Crippen molar-refractivity contribution in [3.8, 4) is 11.4 Å². The lowest BCUT2D eigenvalue weighted by atomic mass is 10.1. The fourth-order valence-electron chi connectivity index (χ4n) is 2.07. The van der Waals surface area contributed by atoms with Crippen LogP contribution in [0.2, 0.25) is 0 Å². The second-order valence-electron chi connectivity index (χ2n) is 4.63. The van der Waals surface area contributed by atoms with E-state index >= 15 is 0 Å². The Morgan fingerprint density at radius 3 is 2.25 bits per heavy atom. The van der Waals surface area contributed by atoms with Gasteiger partial charge in [0.05, 0.1) is 11.4 Å². The summed E-state index contributed by atoms with van der Waals surface area (Å²) in [6.45, 7) is 7.37. The van der Waals surface area contributed by atoms with Gasteiger partial charge in [-0.1, -0.05) is 0 Å². The summed E-state index contributed by atoms with van der Waals surface area (Å²) in [5, 5.41) is 0. The smallest absolute Gasteiger partial charge is 0.253 e. The Balaban J connectivity index is 2.35. The van der Waals surface area contributed by atoms with Crippen molar-refractivity contribution in [1.29, 1.82) is 0 Å². The standard InChI is InChI=1S/C16H19N3O/c1-4-19(5-2)16(20)13-7-9-18-15(11-13)14-10-12(3)6-8-17-14/h6-11H,4-5H2,1-3H3. The quantitative estimate of drug-likeness (QED) is 0.857. The van der Waals surface area contributed by atoms with Crippen LogP contribution < -0.4 is 0 Å². The summed E-state index contributed by atoms with van der Waals surface area (Å²) in [5.41, 5.74) is 3.30. The number of pyridine rings is 2. The molecule has 0 spiro atoms. The number of nitrogens with zero attached hydrogens (tertiary/aromatic N) is 3. The van der Waals surface area contributed by atoms with Gasteiger partial charge in [0.1, 0.15) is 0 Å². The van der Waals surface area contributed by atoms with Crippen molar-refractivity contribution in [2.75, 3.05) is 13.1 Å². The fraction of sp³-hybridized carbons (Fsp3) is 0.312. The van der Waals surface area contributed by atoms with Crippen LogP contribution in [-0.2, 0) is 0 Å². The normalized spacial score (nSPS) is 10.3. The predicted molar refractivity (Wildman–Crippen MR) is 79.5 cm³/mol. The molecule has 2 aromatic rings. The zero-order valence-corrected chi connectivity index (χ0v) is 12.1. The van der Waals surface area contributed by atoms with Gasteiger partial charge in [-0.3, -0.25) is 14.8 Å². The number of aromatic nitrogens is 2. The molecule has 0 saturated heterocycles. The van der Waals surface area contributed by atoms with Crippen molar-refractivity contribution in [2.24, 2.45) is 0 Å². The Bertz CT molecular complexity index is 606. The van der Waals surface area contributed by atoms with Gasteiger partial charge in [-0.05, 0) is 50.6 Å². The predicted octanol–water partition coefficient (Wildman–Crippen LogP) is 2.93. The molecule has 104 valence electrons. The van der Waals surface area contributed by atoms with Crippen LogP contribution in [0.15, 0.2) is 36.7 Å². The highest BCUT2D eigenvalue weighted by Crippen LogP contribution is 2.17. The van der Waals surface area contributed by atoms with Crippen LogP contribution in [0.25, 0.3) is 11.4 Å². The third kappa shape index (κ3) is 3.02. The van der Waals surface area contributed by atoms with Crippen molar-refractivity contribution in [1.82, 2.24) is 14.9 Å². The first-order valence-electron chi connectivity index (χ1n) is 6.84. The summed E-state index contributed by atoms with van der Waals surface area (Å²) in [5.74, 6) is 0.0336. The lowest BCUT2D eigenvalue weighted by Crippen LogP contribution is -2.30. The summed E-state index contributed by atoms with van der Waals surface area (Å²) >= 11 is 0. The van der Waals surface area contributed by atoms with Gasteiger partial charge in [0.15, 0.2) is 0 Å². The molecule has 1 amide bonds. The Morgan fingerprint density at radius 2 is 1.65 bits per heavy atom. The zero-order valence-electron chi connectivity index (χ0n) is 12.1. The first-order valence-corrected chi connectivity index (χ1v) is 6.84. The van der Waals surface area contributed by atoms with Crippen LogP contribution in [0.3, 0.4) is 0 Å². The van der Waals surface area contributed by atoms with E-state index in [1.165, 1.54) is 0 Å². The van der Waals surface area contributed by atoms with E-state index in [4.69, 9.17) is 0 Å². The molecule has 2 rings (SSSR count). The van der Waals surface area contributed by atoms with Crippen LogP contribution in [0.1, 0.15) is 29.8 Å². The van der Waals surface area contributed by atoms with Crippen molar-refractivity contribution >= 4 is 5.91 Å². The van der Waals surface area contributed by atoms with Gasteiger partial charge in [0.25, 0.3) is 5.91 Å².